The molecule has 1 unspecified atom stereocenters. The Morgan fingerprint density at radius 3 is 2.35 bits per heavy atom. The minimum atomic E-state index is -5.19. The first kappa shape index (κ1) is 18.0. The maximum Gasteiger partial charge on any atom is 0.483 e. The second kappa shape index (κ2) is 6.29. The zero-order chi connectivity index (χ0) is 17.4. The van der Waals surface area contributed by atoms with E-state index in [2.05, 4.69) is 15.9 Å². The van der Waals surface area contributed by atoms with Gasteiger partial charge in [-0.25, -0.2) is 13.4 Å². The van der Waals surface area contributed by atoms with Crippen LogP contribution in [0.25, 0.3) is 0 Å². The first-order valence-corrected chi connectivity index (χ1v) is 8.52. The fraction of sp³-hybridized carbons (Fsp3) is 0.0769. The first-order valence-electron chi connectivity index (χ1n) is 5.79. The summed E-state index contributed by atoms with van der Waals surface area (Å²) in [6, 6.07) is 6.25. The highest BCUT2D eigenvalue weighted by atomic mass is 79.9. The smallest absolute Gasteiger partial charge is 0.456 e. The number of benzene rings is 2. The van der Waals surface area contributed by atoms with Gasteiger partial charge in [0.2, 0.25) is 0 Å². The van der Waals surface area contributed by atoms with Gasteiger partial charge in [0, 0.05) is 11.1 Å². The molecule has 2 aromatic carbocycles. The van der Waals surface area contributed by atoms with Crippen LogP contribution in [0.5, 0.6) is 11.5 Å². The van der Waals surface area contributed by atoms with Crippen LogP contribution in [0.1, 0.15) is 0 Å². The van der Waals surface area contributed by atoms with Crippen LogP contribution in [0, 0.1) is 10.6 Å². The molecule has 3 nitrogen and oxygen atoms in total. The lowest BCUT2D eigenvalue weighted by molar-refractivity contribution is -0.0406. The van der Waals surface area contributed by atoms with Gasteiger partial charge < -0.3 is 4.74 Å². The van der Waals surface area contributed by atoms with Crippen LogP contribution in [0.3, 0.4) is 0 Å². The molecule has 124 valence electrons. The highest BCUT2D eigenvalue weighted by molar-refractivity contribution is 9.10. The minimum Gasteiger partial charge on any atom is -0.456 e. The summed E-state index contributed by atoms with van der Waals surface area (Å²) in [7, 11) is -4.97. The van der Waals surface area contributed by atoms with E-state index in [4.69, 9.17) is 21.1 Å². The van der Waals surface area contributed by atoms with Crippen molar-refractivity contribution in [3.63, 3.8) is 0 Å². The van der Waals surface area contributed by atoms with Crippen molar-refractivity contribution in [1.82, 2.24) is 0 Å². The average Bonchev–Trinajstić information content (AvgIpc) is 2.38. The van der Waals surface area contributed by atoms with E-state index in [1.165, 1.54) is 6.07 Å². The summed E-state index contributed by atoms with van der Waals surface area (Å²) in [5, 5.41) is 0.0824. The summed E-state index contributed by atoms with van der Waals surface area (Å²) in [5.41, 5.74) is -5.19. The van der Waals surface area contributed by atoms with Crippen molar-refractivity contribution >= 4 is 37.3 Å². The van der Waals surface area contributed by atoms with Gasteiger partial charge in [0.25, 0.3) is 0 Å². The summed E-state index contributed by atoms with van der Waals surface area (Å²) in [4.78, 5) is -0.721. The molecule has 0 saturated heterocycles. The van der Waals surface area contributed by atoms with Gasteiger partial charge in [-0.1, -0.05) is 11.6 Å². The van der Waals surface area contributed by atoms with E-state index in [0.29, 0.717) is 0 Å². The van der Waals surface area contributed by atoms with Crippen LogP contribution in [0.15, 0.2) is 45.8 Å². The molecule has 0 heterocycles. The van der Waals surface area contributed by atoms with Gasteiger partial charge in [-0.05, 0) is 46.3 Å². The van der Waals surface area contributed by atoms with Crippen molar-refractivity contribution in [2.45, 2.75) is 10.4 Å². The molecule has 1 atom stereocenters. The molecule has 0 spiro atoms. The maximum atomic E-state index is 13.2. The van der Waals surface area contributed by atoms with E-state index in [1.807, 2.05) is 0 Å². The Hall–Kier alpha value is -1.32. The summed E-state index contributed by atoms with van der Waals surface area (Å²) in [6.07, 6.45) is 0. The van der Waals surface area contributed by atoms with Crippen molar-refractivity contribution in [1.29, 1.82) is 4.78 Å². The second-order valence-electron chi connectivity index (χ2n) is 4.30. The van der Waals surface area contributed by atoms with Gasteiger partial charge >= 0.3 is 5.51 Å². The molecule has 0 saturated carbocycles. The standard InChI is InChI=1S/C13H7BrClF4NO2S/c14-11-6-10(23(20,21)13(17,18)19)1-2-12(11)22-9-4-7(15)3-8(16)5-9/h1-6,20H. The molecule has 0 aliphatic rings. The Morgan fingerprint density at radius 1 is 1.17 bits per heavy atom. The quantitative estimate of drug-likeness (QED) is 0.609. The Bertz CT molecular complexity index is 835. The van der Waals surface area contributed by atoms with Crippen molar-refractivity contribution in [3.05, 3.63) is 51.7 Å². The highest BCUT2D eigenvalue weighted by Gasteiger charge is 2.43. The van der Waals surface area contributed by atoms with Crippen LogP contribution in [0.4, 0.5) is 17.6 Å². The van der Waals surface area contributed by atoms with E-state index in [-0.39, 0.29) is 21.0 Å². The fourth-order valence-corrected chi connectivity index (χ4v) is 3.22. The van der Waals surface area contributed by atoms with Crippen LogP contribution in [0.2, 0.25) is 5.02 Å². The van der Waals surface area contributed by atoms with E-state index in [0.717, 1.165) is 30.3 Å². The summed E-state index contributed by atoms with van der Waals surface area (Å²) < 4.78 is 75.0. The number of halogens is 6. The van der Waals surface area contributed by atoms with Gasteiger partial charge in [-0.2, -0.15) is 13.2 Å². The van der Waals surface area contributed by atoms with Gasteiger partial charge in [0.1, 0.15) is 17.3 Å². The topological polar surface area (TPSA) is 50.2 Å². The van der Waals surface area contributed by atoms with Crippen molar-refractivity contribution in [2.24, 2.45) is 0 Å². The molecule has 23 heavy (non-hydrogen) atoms. The monoisotopic (exact) mass is 431 g/mol. The zero-order valence-corrected chi connectivity index (χ0v) is 14.1. The van der Waals surface area contributed by atoms with E-state index in [1.54, 1.807) is 0 Å². The second-order valence-corrected chi connectivity index (χ2v) is 7.64. The van der Waals surface area contributed by atoms with Crippen molar-refractivity contribution in [3.8, 4) is 11.5 Å². The molecule has 1 N–H and O–H groups in total. The van der Waals surface area contributed by atoms with Gasteiger partial charge in [-0.3, -0.25) is 0 Å². The van der Waals surface area contributed by atoms with Crippen molar-refractivity contribution < 1.29 is 26.5 Å². The average molecular weight is 433 g/mol. The van der Waals surface area contributed by atoms with Crippen molar-refractivity contribution in [2.75, 3.05) is 0 Å². The Morgan fingerprint density at radius 2 is 1.83 bits per heavy atom. The molecule has 10 heteroatoms. The molecule has 0 aliphatic carbocycles. The van der Waals surface area contributed by atoms with Crippen LogP contribution in [-0.4, -0.2) is 9.72 Å². The first-order chi connectivity index (χ1) is 10.5. The lowest BCUT2D eigenvalue weighted by atomic mass is 10.3. The van der Waals surface area contributed by atoms with E-state index < -0.39 is 26.0 Å². The Balaban J connectivity index is 2.37. The zero-order valence-electron chi connectivity index (χ0n) is 11.0. The van der Waals surface area contributed by atoms with Gasteiger partial charge in [0.15, 0.2) is 9.73 Å². The third-order valence-electron chi connectivity index (χ3n) is 2.63. The number of ether oxygens (including phenoxy) is 1. The molecule has 0 aromatic heterocycles. The number of hydrogen-bond acceptors (Lipinski definition) is 3. The van der Waals surface area contributed by atoms with Gasteiger partial charge in [-0.15, -0.1) is 0 Å². The summed E-state index contributed by atoms with van der Waals surface area (Å²) >= 11 is 8.64. The number of hydrogen-bond donors (Lipinski definition) is 1. The normalized spacial score (nSPS) is 14.3. The lowest BCUT2D eigenvalue weighted by Crippen LogP contribution is -2.21. The van der Waals surface area contributed by atoms with Gasteiger partial charge in [0.05, 0.1) is 9.37 Å². The third kappa shape index (κ3) is 3.96. The molecule has 2 aromatic rings. The van der Waals surface area contributed by atoms with Crippen LogP contribution < -0.4 is 4.74 Å². The molecule has 0 bridgehead atoms. The van der Waals surface area contributed by atoms with Crippen LogP contribution >= 0.6 is 27.5 Å². The van der Waals surface area contributed by atoms with Crippen LogP contribution in [-0.2, 0) is 9.73 Å². The molecular formula is C13H7BrClF4NO2S. The predicted molar refractivity (Wildman–Crippen MR) is 80.8 cm³/mol. The molecule has 0 amide bonds. The molecular weight excluding hydrogens is 426 g/mol. The molecule has 0 radical (unpaired) electrons. The number of nitrogens with one attached hydrogen (secondary N) is 1. The molecule has 2 rings (SSSR count). The predicted octanol–water partition coefficient (Wildman–Crippen LogP) is 5.96. The SMILES string of the molecule is N=S(=O)(c1ccc(Oc2cc(F)cc(Cl)c2)c(Br)c1)C(F)(F)F. The third-order valence-corrected chi connectivity index (χ3v) is 5.03. The Kier molecular flexibility index (Phi) is 4.93. The van der Waals surface area contributed by atoms with E-state index >= 15 is 0 Å². The molecule has 0 fully saturated rings. The Labute approximate surface area is 142 Å². The lowest BCUT2D eigenvalue weighted by Gasteiger charge is -2.13. The fourth-order valence-electron chi connectivity index (χ4n) is 1.59. The minimum absolute atomic E-state index is 0.0274. The maximum absolute atomic E-state index is 13.2. The van der Waals surface area contributed by atoms with E-state index in [9.17, 15) is 21.8 Å². The largest absolute Gasteiger partial charge is 0.483 e. The highest BCUT2D eigenvalue weighted by Crippen LogP contribution is 2.37. The number of rotatable bonds is 3. The number of alkyl halides is 3. The summed E-state index contributed by atoms with van der Waals surface area (Å²) in [5.74, 6) is -0.565. The summed E-state index contributed by atoms with van der Waals surface area (Å²) in [6.45, 7) is 0. The molecule has 0 aliphatic heterocycles.